The Morgan fingerprint density at radius 3 is 2.58 bits per heavy atom. The first kappa shape index (κ1) is 23.1. The maximum atomic E-state index is 14.9. The van der Waals surface area contributed by atoms with Crippen molar-refractivity contribution in [3.05, 3.63) is 84.0 Å². The monoisotopic (exact) mass is 421 g/mol. The summed E-state index contributed by atoms with van der Waals surface area (Å²) in [6, 6.07) is 11.2. The lowest BCUT2D eigenvalue weighted by molar-refractivity contribution is 0.196. The number of rotatable bonds is 9. The molecule has 2 atom stereocenters. The zero-order valence-corrected chi connectivity index (χ0v) is 19.3. The van der Waals surface area contributed by atoms with E-state index in [1.165, 1.54) is 5.57 Å². The molecule has 3 rings (SSSR count). The van der Waals surface area contributed by atoms with Crippen molar-refractivity contribution < 1.29 is 4.39 Å². The molecular weight excluding hydrogens is 385 g/mol. The van der Waals surface area contributed by atoms with E-state index in [9.17, 15) is 4.39 Å². The van der Waals surface area contributed by atoms with Crippen LogP contribution in [0.3, 0.4) is 0 Å². The van der Waals surface area contributed by atoms with Gasteiger partial charge in [-0.15, -0.1) is 6.58 Å². The minimum atomic E-state index is -0.155. The molecule has 0 bridgehead atoms. The van der Waals surface area contributed by atoms with Crippen LogP contribution in [0.2, 0.25) is 0 Å². The van der Waals surface area contributed by atoms with E-state index >= 15 is 0 Å². The molecular formula is C27H36FN3. The molecule has 0 spiro atoms. The summed E-state index contributed by atoms with van der Waals surface area (Å²) in [5.74, 6) is 1.18. The fourth-order valence-electron chi connectivity index (χ4n) is 4.47. The van der Waals surface area contributed by atoms with Crippen LogP contribution < -0.4 is 4.90 Å². The molecule has 0 radical (unpaired) electrons. The van der Waals surface area contributed by atoms with Crippen LogP contribution in [0.1, 0.15) is 56.7 Å². The summed E-state index contributed by atoms with van der Waals surface area (Å²) >= 11 is 0. The van der Waals surface area contributed by atoms with Gasteiger partial charge in [-0.05, 0) is 56.7 Å². The SMILES string of the molecule is C=C(C)CCC(CCC)C(=C)N1CCN(c2ccc(C)cn2)CC1c1ccccc1F. The molecule has 0 N–H and O–H groups in total. The predicted molar refractivity (Wildman–Crippen MR) is 129 cm³/mol. The number of pyridine rings is 1. The molecule has 1 aromatic heterocycles. The van der Waals surface area contributed by atoms with Crippen LogP contribution in [0.4, 0.5) is 10.2 Å². The molecule has 2 heterocycles. The van der Waals surface area contributed by atoms with Crippen molar-refractivity contribution in [1.82, 2.24) is 9.88 Å². The number of hydrogen-bond donors (Lipinski definition) is 0. The molecule has 1 fully saturated rings. The third kappa shape index (κ3) is 5.75. The lowest BCUT2D eigenvalue weighted by atomic mass is 9.90. The number of piperazine rings is 1. The Bertz CT molecular complexity index is 890. The van der Waals surface area contributed by atoms with Crippen molar-refractivity contribution in [3.8, 4) is 0 Å². The zero-order valence-electron chi connectivity index (χ0n) is 19.3. The average molecular weight is 422 g/mol. The van der Waals surface area contributed by atoms with Crippen LogP contribution in [0.5, 0.6) is 0 Å². The van der Waals surface area contributed by atoms with Gasteiger partial charge in [-0.1, -0.05) is 49.8 Å². The van der Waals surface area contributed by atoms with Crippen LogP contribution in [-0.4, -0.2) is 29.5 Å². The first-order chi connectivity index (χ1) is 14.9. The summed E-state index contributed by atoms with van der Waals surface area (Å²) in [4.78, 5) is 9.23. The average Bonchev–Trinajstić information content (AvgIpc) is 2.76. The van der Waals surface area contributed by atoms with Gasteiger partial charge in [0.1, 0.15) is 11.6 Å². The summed E-state index contributed by atoms with van der Waals surface area (Å²) in [5, 5.41) is 0. The third-order valence-electron chi connectivity index (χ3n) is 6.26. The number of nitrogens with zero attached hydrogens (tertiary/aromatic N) is 3. The first-order valence-corrected chi connectivity index (χ1v) is 11.4. The smallest absolute Gasteiger partial charge is 0.128 e. The van der Waals surface area contributed by atoms with Crippen molar-refractivity contribution in [2.45, 2.75) is 52.5 Å². The Hall–Kier alpha value is -2.62. The van der Waals surface area contributed by atoms with Crippen LogP contribution in [0, 0.1) is 18.7 Å². The van der Waals surface area contributed by atoms with Crippen LogP contribution in [-0.2, 0) is 0 Å². The second-order valence-corrected chi connectivity index (χ2v) is 8.84. The van der Waals surface area contributed by atoms with E-state index in [1.54, 1.807) is 12.1 Å². The van der Waals surface area contributed by atoms with Gasteiger partial charge in [-0.3, -0.25) is 0 Å². The van der Waals surface area contributed by atoms with E-state index in [2.05, 4.69) is 53.9 Å². The molecule has 1 aliphatic heterocycles. The third-order valence-corrected chi connectivity index (χ3v) is 6.26. The number of benzene rings is 1. The highest BCUT2D eigenvalue weighted by atomic mass is 19.1. The van der Waals surface area contributed by atoms with Gasteiger partial charge >= 0.3 is 0 Å². The maximum absolute atomic E-state index is 14.9. The second-order valence-electron chi connectivity index (χ2n) is 8.84. The summed E-state index contributed by atoms with van der Waals surface area (Å²) in [7, 11) is 0. The van der Waals surface area contributed by atoms with Gasteiger partial charge in [0, 0.05) is 37.1 Å². The van der Waals surface area contributed by atoms with Gasteiger partial charge in [0.25, 0.3) is 0 Å². The molecule has 1 saturated heterocycles. The van der Waals surface area contributed by atoms with E-state index < -0.39 is 0 Å². The molecule has 0 aliphatic carbocycles. The lowest BCUT2D eigenvalue weighted by Crippen LogP contribution is -2.49. The van der Waals surface area contributed by atoms with Gasteiger partial charge in [-0.25, -0.2) is 9.37 Å². The summed E-state index contributed by atoms with van der Waals surface area (Å²) < 4.78 is 14.9. The Morgan fingerprint density at radius 1 is 1.16 bits per heavy atom. The van der Waals surface area contributed by atoms with Gasteiger partial charge in [-0.2, -0.15) is 0 Å². The number of hydrogen-bond acceptors (Lipinski definition) is 3. The molecule has 4 heteroatoms. The van der Waals surface area contributed by atoms with Crippen molar-refractivity contribution >= 4 is 5.82 Å². The number of aromatic nitrogens is 1. The Labute approximate surface area is 187 Å². The molecule has 3 nitrogen and oxygen atoms in total. The van der Waals surface area contributed by atoms with E-state index in [4.69, 9.17) is 0 Å². The maximum Gasteiger partial charge on any atom is 0.128 e. The first-order valence-electron chi connectivity index (χ1n) is 11.4. The van der Waals surface area contributed by atoms with E-state index in [-0.39, 0.29) is 11.9 Å². The summed E-state index contributed by atoms with van der Waals surface area (Å²) in [6.45, 7) is 17.3. The van der Waals surface area contributed by atoms with E-state index in [1.807, 2.05) is 25.3 Å². The number of allylic oxidation sites excluding steroid dienone is 2. The Kier molecular flexibility index (Phi) is 7.89. The molecule has 31 heavy (non-hydrogen) atoms. The highest BCUT2D eigenvalue weighted by Crippen LogP contribution is 2.36. The van der Waals surface area contributed by atoms with Gasteiger partial charge in [0.15, 0.2) is 0 Å². The Balaban J connectivity index is 1.89. The molecule has 166 valence electrons. The number of halogens is 1. The van der Waals surface area contributed by atoms with Crippen LogP contribution >= 0.6 is 0 Å². The van der Waals surface area contributed by atoms with Crippen molar-refractivity contribution in [2.75, 3.05) is 24.5 Å². The minimum absolute atomic E-state index is 0.0882. The van der Waals surface area contributed by atoms with Crippen molar-refractivity contribution in [3.63, 3.8) is 0 Å². The van der Waals surface area contributed by atoms with E-state index in [0.29, 0.717) is 12.5 Å². The second kappa shape index (κ2) is 10.6. The number of anilines is 1. The van der Waals surface area contributed by atoms with Gasteiger partial charge in [0.05, 0.1) is 6.04 Å². The minimum Gasteiger partial charge on any atom is -0.364 e. The highest BCUT2D eigenvalue weighted by molar-refractivity contribution is 5.41. The predicted octanol–water partition coefficient (Wildman–Crippen LogP) is 6.68. The zero-order chi connectivity index (χ0) is 22.4. The summed E-state index contributed by atoms with van der Waals surface area (Å²) in [5.41, 5.74) is 4.21. The molecule has 1 aromatic carbocycles. The molecule has 2 aromatic rings. The van der Waals surface area contributed by atoms with Gasteiger partial charge < -0.3 is 9.80 Å². The summed E-state index contributed by atoms with van der Waals surface area (Å²) in [6.07, 6.45) is 6.15. The highest BCUT2D eigenvalue weighted by Gasteiger charge is 2.33. The molecule has 1 aliphatic rings. The van der Waals surface area contributed by atoms with Gasteiger partial charge in [0.2, 0.25) is 0 Å². The normalized spacial score (nSPS) is 17.5. The fourth-order valence-corrected chi connectivity index (χ4v) is 4.47. The largest absolute Gasteiger partial charge is 0.364 e. The number of aryl methyl sites for hydroxylation is 1. The van der Waals surface area contributed by atoms with Crippen molar-refractivity contribution in [1.29, 1.82) is 0 Å². The Morgan fingerprint density at radius 2 is 1.94 bits per heavy atom. The molecule has 0 saturated carbocycles. The fraction of sp³-hybridized carbons (Fsp3) is 0.444. The van der Waals surface area contributed by atoms with Crippen LogP contribution in [0.15, 0.2) is 67.0 Å². The van der Waals surface area contributed by atoms with E-state index in [0.717, 1.165) is 61.4 Å². The molecule has 2 unspecified atom stereocenters. The molecule has 0 amide bonds. The quantitative estimate of drug-likeness (QED) is 0.421. The lowest BCUT2D eigenvalue weighted by Gasteiger charge is -2.46. The van der Waals surface area contributed by atoms with Crippen LogP contribution in [0.25, 0.3) is 0 Å². The standard InChI is InChI=1S/C27H36FN3/c1-6-9-23(14-12-20(2)3)22(5)31-17-16-30(27-15-13-21(4)18-29-27)19-26(31)24-10-7-8-11-25(24)28/h7-8,10-11,13,15,18,23,26H,2,5-6,9,12,14,16-17,19H2,1,3-4H3. The van der Waals surface area contributed by atoms with Crippen molar-refractivity contribution in [2.24, 2.45) is 5.92 Å². The topological polar surface area (TPSA) is 19.4 Å².